The lowest BCUT2D eigenvalue weighted by atomic mass is 10.1. The molecule has 0 aliphatic rings. The molecule has 0 saturated carbocycles. The van der Waals surface area contributed by atoms with E-state index >= 15 is 0 Å². The summed E-state index contributed by atoms with van der Waals surface area (Å²) in [5, 5.41) is 11.2. The van der Waals surface area contributed by atoms with Crippen LogP contribution in [0.25, 0.3) is 0 Å². The van der Waals surface area contributed by atoms with E-state index in [9.17, 15) is 4.79 Å². The maximum absolute atomic E-state index is 11.4. The minimum absolute atomic E-state index is 0.00320. The third kappa shape index (κ3) is 7.33. The maximum Gasteiger partial charge on any atom is 0.234 e. The molecule has 0 rings (SSSR count). The Labute approximate surface area is 92.7 Å². The summed E-state index contributed by atoms with van der Waals surface area (Å²) in [6.07, 6.45) is 1.13. The van der Waals surface area contributed by atoms with Crippen LogP contribution >= 0.6 is 0 Å². The first-order valence-corrected chi connectivity index (χ1v) is 5.73. The Balaban J connectivity index is 3.82. The highest BCUT2D eigenvalue weighted by molar-refractivity contribution is 5.77. The average molecular weight is 216 g/mol. The second-order valence-electron chi connectivity index (χ2n) is 3.91. The molecule has 4 nitrogen and oxygen atoms in total. The minimum Gasteiger partial charge on any atom is -0.395 e. The molecule has 0 aliphatic heterocycles. The molecule has 0 saturated heterocycles. The predicted molar refractivity (Wildman–Crippen MR) is 61.7 cm³/mol. The first-order chi connectivity index (χ1) is 7.13. The molecular formula is C11H24N2O2. The number of hydrogen-bond donors (Lipinski definition) is 2. The highest BCUT2D eigenvalue weighted by atomic mass is 16.3. The molecule has 90 valence electrons. The lowest BCUT2D eigenvalue weighted by Crippen LogP contribution is -2.39. The van der Waals surface area contributed by atoms with Crippen molar-refractivity contribution in [2.24, 2.45) is 5.92 Å². The number of rotatable bonds is 8. The van der Waals surface area contributed by atoms with Crippen LogP contribution in [0.2, 0.25) is 0 Å². The van der Waals surface area contributed by atoms with Crippen molar-refractivity contribution in [2.75, 3.05) is 32.8 Å². The second-order valence-corrected chi connectivity index (χ2v) is 3.91. The van der Waals surface area contributed by atoms with Gasteiger partial charge in [0, 0.05) is 13.1 Å². The van der Waals surface area contributed by atoms with Gasteiger partial charge < -0.3 is 10.4 Å². The quantitative estimate of drug-likeness (QED) is 0.620. The van der Waals surface area contributed by atoms with Crippen LogP contribution in [-0.4, -0.2) is 48.7 Å². The largest absolute Gasteiger partial charge is 0.395 e. The fourth-order valence-electron chi connectivity index (χ4n) is 1.33. The summed E-state index contributed by atoms with van der Waals surface area (Å²) in [5.41, 5.74) is 0. The molecule has 0 heterocycles. The smallest absolute Gasteiger partial charge is 0.234 e. The van der Waals surface area contributed by atoms with Crippen LogP contribution in [0, 0.1) is 5.92 Å². The first kappa shape index (κ1) is 14.4. The number of amides is 1. The second kappa shape index (κ2) is 8.68. The number of aliphatic hydroxyl groups excluding tert-OH is 1. The lowest BCUT2D eigenvalue weighted by Gasteiger charge is -2.22. The van der Waals surface area contributed by atoms with E-state index in [2.05, 4.69) is 31.0 Å². The van der Waals surface area contributed by atoms with Crippen LogP contribution in [0.1, 0.15) is 27.2 Å². The van der Waals surface area contributed by atoms with Crippen molar-refractivity contribution < 1.29 is 9.90 Å². The molecule has 1 unspecified atom stereocenters. The molecule has 0 radical (unpaired) electrons. The third-order valence-corrected chi connectivity index (χ3v) is 2.52. The number of carbonyl (C=O) groups excluding carboxylic acids is 1. The Morgan fingerprint density at radius 1 is 1.47 bits per heavy atom. The molecule has 1 atom stereocenters. The molecule has 2 N–H and O–H groups in total. The SMILES string of the molecule is CCC(C)CN(CC)CC(=O)NCCO. The van der Waals surface area contributed by atoms with Crippen molar-refractivity contribution in [3.05, 3.63) is 0 Å². The number of nitrogens with one attached hydrogen (secondary N) is 1. The van der Waals surface area contributed by atoms with E-state index in [4.69, 9.17) is 5.11 Å². The number of carbonyl (C=O) groups is 1. The minimum atomic E-state index is -0.00537. The van der Waals surface area contributed by atoms with Crippen molar-refractivity contribution in [1.82, 2.24) is 10.2 Å². The van der Waals surface area contributed by atoms with Crippen LogP contribution < -0.4 is 5.32 Å². The predicted octanol–water partition coefficient (Wildman–Crippen LogP) is 0.463. The zero-order chi connectivity index (χ0) is 11.7. The summed E-state index contributed by atoms with van der Waals surface area (Å²) in [7, 11) is 0. The van der Waals surface area contributed by atoms with Gasteiger partial charge in [0.05, 0.1) is 13.2 Å². The molecule has 15 heavy (non-hydrogen) atoms. The molecular weight excluding hydrogens is 192 g/mol. The van der Waals surface area contributed by atoms with E-state index in [1.54, 1.807) is 0 Å². The van der Waals surface area contributed by atoms with Gasteiger partial charge in [0.1, 0.15) is 0 Å². The molecule has 0 spiro atoms. The molecule has 0 aromatic carbocycles. The number of aliphatic hydroxyl groups is 1. The van der Waals surface area contributed by atoms with Crippen LogP contribution in [0.5, 0.6) is 0 Å². The van der Waals surface area contributed by atoms with Crippen molar-refractivity contribution in [3.63, 3.8) is 0 Å². The Kier molecular flexibility index (Phi) is 8.33. The zero-order valence-electron chi connectivity index (χ0n) is 10.1. The summed E-state index contributed by atoms with van der Waals surface area (Å²) in [5.74, 6) is 0.616. The Morgan fingerprint density at radius 3 is 2.60 bits per heavy atom. The van der Waals surface area contributed by atoms with Crippen molar-refractivity contribution in [1.29, 1.82) is 0 Å². The van der Waals surface area contributed by atoms with Gasteiger partial charge in [-0.3, -0.25) is 9.69 Å². The van der Waals surface area contributed by atoms with E-state index in [0.29, 0.717) is 19.0 Å². The molecule has 1 amide bonds. The van der Waals surface area contributed by atoms with Gasteiger partial charge in [-0.1, -0.05) is 27.2 Å². The van der Waals surface area contributed by atoms with Crippen LogP contribution in [0.3, 0.4) is 0 Å². The van der Waals surface area contributed by atoms with Gasteiger partial charge in [-0.25, -0.2) is 0 Å². The molecule has 4 heteroatoms. The van der Waals surface area contributed by atoms with Gasteiger partial charge in [0.25, 0.3) is 0 Å². The summed E-state index contributed by atoms with van der Waals surface area (Å²) in [4.78, 5) is 13.5. The molecule has 0 bridgehead atoms. The van der Waals surface area contributed by atoms with E-state index < -0.39 is 0 Å². The van der Waals surface area contributed by atoms with Gasteiger partial charge in [-0.2, -0.15) is 0 Å². The van der Waals surface area contributed by atoms with Crippen LogP contribution in [-0.2, 0) is 4.79 Å². The Hall–Kier alpha value is -0.610. The third-order valence-electron chi connectivity index (χ3n) is 2.52. The topological polar surface area (TPSA) is 52.6 Å². The average Bonchev–Trinajstić information content (AvgIpc) is 2.25. The summed E-state index contributed by atoms with van der Waals surface area (Å²) in [6.45, 7) is 9.03. The number of hydrogen-bond acceptors (Lipinski definition) is 3. The highest BCUT2D eigenvalue weighted by Gasteiger charge is 2.10. The van der Waals surface area contributed by atoms with Crippen molar-refractivity contribution in [2.45, 2.75) is 27.2 Å². The normalized spacial score (nSPS) is 12.9. The summed E-state index contributed by atoms with van der Waals surface area (Å²) < 4.78 is 0. The van der Waals surface area contributed by atoms with Crippen molar-refractivity contribution in [3.8, 4) is 0 Å². The molecule has 0 aromatic heterocycles. The first-order valence-electron chi connectivity index (χ1n) is 5.73. The van der Waals surface area contributed by atoms with E-state index in [0.717, 1.165) is 19.5 Å². The van der Waals surface area contributed by atoms with E-state index in [1.165, 1.54) is 0 Å². The summed E-state index contributed by atoms with van der Waals surface area (Å²) >= 11 is 0. The van der Waals surface area contributed by atoms with E-state index in [1.807, 2.05) is 0 Å². The molecule has 0 fully saturated rings. The van der Waals surface area contributed by atoms with E-state index in [-0.39, 0.29) is 12.5 Å². The van der Waals surface area contributed by atoms with Gasteiger partial charge >= 0.3 is 0 Å². The number of nitrogens with zero attached hydrogens (tertiary/aromatic N) is 1. The zero-order valence-corrected chi connectivity index (χ0v) is 10.1. The Bertz CT molecular complexity index is 174. The van der Waals surface area contributed by atoms with Gasteiger partial charge in [0.2, 0.25) is 5.91 Å². The monoisotopic (exact) mass is 216 g/mol. The molecule has 0 aliphatic carbocycles. The highest BCUT2D eigenvalue weighted by Crippen LogP contribution is 2.03. The van der Waals surface area contributed by atoms with Gasteiger partial charge in [-0.15, -0.1) is 0 Å². The number of likely N-dealkylation sites (N-methyl/N-ethyl adjacent to an activating group) is 1. The summed E-state index contributed by atoms with van der Waals surface area (Å²) in [6, 6.07) is 0. The Morgan fingerprint density at radius 2 is 2.13 bits per heavy atom. The fraction of sp³-hybridized carbons (Fsp3) is 0.909. The van der Waals surface area contributed by atoms with Crippen molar-refractivity contribution >= 4 is 5.91 Å². The van der Waals surface area contributed by atoms with Crippen LogP contribution in [0.4, 0.5) is 0 Å². The lowest BCUT2D eigenvalue weighted by molar-refractivity contribution is -0.122. The maximum atomic E-state index is 11.4. The van der Waals surface area contributed by atoms with Crippen LogP contribution in [0.15, 0.2) is 0 Å². The molecule has 0 aromatic rings. The van der Waals surface area contributed by atoms with Gasteiger partial charge in [-0.05, 0) is 12.5 Å². The standard InChI is InChI=1S/C11H24N2O2/c1-4-10(3)8-13(5-2)9-11(15)12-6-7-14/h10,14H,4-9H2,1-3H3,(H,12,15). The fourth-order valence-corrected chi connectivity index (χ4v) is 1.33. The van der Waals surface area contributed by atoms with Gasteiger partial charge in [0.15, 0.2) is 0 Å².